The van der Waals surface area contributed by atoms with Gasteiger partial charge < -0.3 is 19.5 Å². The second kappa shape index (κ2) is 9.45. The Kier molecular flexibility index (Phi) is 6.04. The van der Waals surface area contributed by atoms with Gasteiger partial charge in [-0.1, -0.05) is 6.92 Å². The Labute approximate surface area is 201 Å². The highest BCUT2D eigenvalue weighted by atomic mass is 16.5. The molecule has 1 aromatic carbocycles. The Hall–Kier alpha value is -4.41. The average molecular weight is 475 g/mol. The van der Waals surface area contributed by atoms with Crippen LogP contribution in [0.3, 0.4) is 0 Å². The average Bonchev–Trinajstić information content (AvgIpc) is 3.61. The van der Waals surface area contributed by atoms with Crippen LogP contribution < -0.4 is 15.4 Å². The number of anilines is 2. The minimum Gasteiger partial charge on any atom is -0.456 e. The minimum atomic E-state index is -0.259. The monoisotopic (exact) mass is 474 g/mol. The lowest BCUT2D eigenvalue weighted by Gasteiger charge is -2.16. The molecule has 0 aliphatic carbocycles. The number of hydrogen-bond donors (Lipinski definition) is 3. The Morgan fingerprint density at radius 2 is 2.00 bits per heavy atom. The summed E-state index contributed by atoms with van der Waals surface area (Å²) in [4.78, 5) is 34.8. The van der Waals surface area contributed by atoms with Gasteiger partial charge in [0.1, 0.15) is 16.9 Å². The van der Waals surface area contributed by atoms with E-state index in [1.807, 2.05) is 11.8 Å². The van der Waals surface area contributed by atoms with Crippen molar-refractivity contribution in [1.82, 2.24) is 29.6 Å². The van der Waals surface area contributed by atoms with Crippen molar-refractivity contribution in [2.75, 3.05) is 23.7 Å². The van der Waals surface area contributed by atoms with Crippen LogP contribution in [0.1, 0.15) is 30.1 Å². The summed E-state index contributed by atoms with van der Waals surface area (Å²) in [5.74, 6) is 2.15. The second-order valence-electron chi connectivity index (χ2n) is 8.37. The number of amides is 2. The van der Waals surface area contributed by atoms with E-state index >= 15 is 0 Å². The van der Waals surface area contributed by atoms with Crippen molar-refractivity contribution >= 4 is 34.6 Å². The van der Waals surface area contributed by atoms with Crippen LogP contribution in [0.2, 0.25) is 0 Å². The largest absolute Gasteiger partial charge is 0.456 e. The van der Waals surface area contributed by atoms with Gasteiger partial charge in [-0.05, 0) is 30.7 Å². The summed E-state index contributed by atoms with van der Waals surface area (Å²) in [6.07, 6.45) is 6.37. The molecule has 3 aromatic heterocycles. The van der Waals surface area contributed by atoms with Gasteiger partial charge in [0, 0.05) is 62.8 Å². The zero-order valence-electron chi connectivity index (χ0n) is 19.5. The number of aromatic nitrogens is 5. The summed E-state index contributed by atoms with van der Waals surface area (Å²) < 4.78 is 7.87. The fraction of sp³-hybridized carbons (Fsp3) is 0.292. The number of carbonyl (C=O) groups excluding carboxylic acids is 2. The lowest BCUT2D eigenvalue weighted by molar-refractivity contribution is -0.129. The van der Waals surface area contributed by atoms with Crippen LogP contribution in [-0.4, -0.2) is 60.6 Å². The molecule has 11 heteroatoms. The van der Waals surface area contributed by atoms with E-state index in [-0.39, 0.29) is 17.9 Å². The number of nitrogens with zero attached hydrogens (tertiary/aromatic N) is 5. The predicted molar refractivity (Wildman–Crippen MR) is 130 cm³/mol. The van der Waals surface area contributed by atoms with Crippen LogP contribution in [0.15, 0.2) is 48.9 Å². The highest BCUT2D eigenvalue weighted by Crippen LogP contribution is 2.33. The van der Waals surface area contributed by atoms with Crippen molar-refractivity contribution in [1.29, 1.82) is 0 Å². The van der Waals surface area contributed by atoms with Crippen molar-refractivity contribution in [2.24, 2.45) is 7.05 Å². The smallest absolute Gasteiger partial charge is 0.257 e. The third kappa shape index (κ3) is 4.65. The Morgan fingerprint density at radius 3 is 2.74 bits per heavy atom. The number of hydrogen-bond acceptors (Lipinski definition) is 7. The number of aromatic amines is 1. The number of nitrogens with one attached hydrogen (secondary N) is 3. The summed E-state index contributed by atoms with van der Waals surface area (Å²) in [7, 11) is 1.81. The molecule has 35 heavy (non-hydrogen) atoms. The highest BCUT2D eigenvalue weighted by Gasteiger charge is 2.26. The number of ether oxygens (including phenoxy) is 1. The summed E-state index contributed by atoms with van der Waals surface area (Å²) in [6.45, 7) is 3.24. The second-order valence-corrected chi connectivity index (χ2v) is 8.37. The zero-order chi connectivity index (χ0) is 24.4. The van der Waals surface area contributed by atoms with Crippen molar-refractivity contribution in [3.05, 3.63) is 54.5 Å². The first-order valence-corrected chi connectivity index (χ1v) is 11.5. The summed E-state index contributed by atoms with van der Waals surface area (Å²) >= 11 is 0. The van der Waals surface area contributed by atoms with Crippen LogP contribution in [0.4, 0.5) is 11.8 Å². The van der Waals surface area contributed by atoms with Gasteiger partial charge in [0.25, 0.3) is 5.91 Å². The first-order valence-electron chi connectivity index (χ1n) is 11.5. The molecule has 4 heterocycles. The maximum atomic E-state index is 12.5. The van der Waals surface area contributed by atoms with Crippen LogP contribution >= 0.6 is 0 Å². The van der Waals surface area contributed by atoms with E-state index in [1.165, 1.54) is 0 Å². The maximum Gasteiger partial charge on any atom is 0.257 e. The quantitative estimate of drug-likeness (QED) is 0.375. The normalized spacial score (nSPS) is 15.4. The number of aryl methyl sites for hydroxylation is 1. The molecule has 0 unspecified atom stereocenters. The van der Waals surface area contributed by atoms with Crippen LogP contribution in [0.25, 0.3) is 11.0 Å². The molecule has 11 nitrogen and oxygen atoms in total. The number of benzene rings is 1. The van der Waals surface area contributed by atoms with Gasteiger partial charge in [-0.25, -0.2) is 9.97 Å². The third-order valence-electron chi connectivity index (χ3n) is 6.00. The molecule has 5 rings (SSSR count). The molecule has 0 bridgehead atoms. The maximum absolute atomic E-state index is 12.5. The number of fused-ring (bicyclic) bond motifs is 1. The van der Waals surface area contributed by atoms with E-state index < -0.39 is 0 Å². The molecule has 180 valence electrons. The molecule has 1 aliphatic rings. The number of likely N-dealkylation sites (tertiary alicyclic amines) is 1. The molecule has 1 fully saturated rings. The first kappa shape index (κ1) is 22.4. The standard InChI is InChI=1S/C24H26N8O3/c1-3-19(33)32-12-9-16(14-32)27-22-20-18(8-10-25-21(20)29-30-22)35-17-6-4-15(5-7-17)23(34)28-24-26-11-13-31(24)2/h4-8,10-11,13,16H,3,9,12,14H2,1-2H3,(H,26,28,34)(H2,25,27,29,30)/t16-/m1/s1. The molecule has 1 aliphatic heterocycles. The lowest BCUT2D eigenvalue weighted by Crippen LogP contribution is -2.31. The molecule has 0 spiro atoms. The number of H-pyrrole nitrogens is 1. The topological polar surface area (TPSA) is 130 Å². The molecule has 1 atom stereocenters. The number of pyridine rings is 1. The van der Waals surface area contributed by atoms with E-state index in [0.29, 0.717) is 47.4 Å². The zero-order valence-corrected chi connectivity index (χ0v) is 19.5. The van der Waals surface area contributed by atoms with Gasteiger partial charge in [0.05, 0.1) is 0 Å². The molecule has 4 aromatic rings. The number of imidazole rings is 1. The molecule has 0 radical (unpaired) electrons. The highest BCUT2D eigenvalue weighted by molar-refractivity contribution is 6.03. The molecule has 3 N–H and O–H groups in total. The Balaban J connectivity index is 1.30. The van der Waals surface area contributed by atoms with Crippen molar-refractivity contribution in [3.63, 3.8) is 0 Å². The van der Waals surface area contributed by atoms with Crippen molar-refractivity contribution < 1.29 is 14.3 Å². The summed E-state index contributed by atoms with van der Waals surface area (Å²) in [5, 5.41) is 14.3. The molecule has 0 saturated carbocycles. The number of carbonyl (C=O) groups is 2. The van der Waals surface area contributed by atoms with E-state index in [0.717, 1.165) is 18.4 Å². The fourth-order valence-electron chi connectivity index (χ4n) is 4.09. The van der Waals surface area contributed by atoms with Gasteiger partial charge in [0.2, 0.25) is 11.9 Å². The Bertz CT molecular complexity index is 1360. The summed E-state index contributed by atoms with van der Waals surface area (Å²) in [5.41, 5.74) is 1.08. The van der Waals surface area contributed by atoms with Crippen LogP contribution in [0, 0.1) is 0 Å². The Morgan fingerprint density at radius 1 is 1.17 bits per heavy atom. The van der Waals surface area contributed by atoms with E-state index in [2.05, 4.69) is 30.8 Å². The lowest BCUT2D eigenvalue weighted by atomic mass is 10.2. The van der Waals surface area contributed by atoms with Crippen molar-refractivity contribution in [3.8, 4) is 11.5 Å². The molecular weight excluding hydrogens is 448 g/mol. The SMILES string of the molecule is CCC(=O)N1CC[C@@H](Nc2n[nH]c3nccc(Oc4ccc(C(=O)Nc5nccn5C)cc4)c23)C1. The van der Waals surface area contributed by atoms with E-state index in [1.54, 1.807) is 60.5 Å². The predicted octanol–water partition coefficient (Wildman–Crippen LogP) is 3.16. The van der Waals surface area contributed by atoms with Crippen molar-refractivity contribution in [2.45, 2.75) is 25.8 Å². The van der Waals surface area contributed by atoms with Crippen LogP contribution in [-0.2, 0) is 11.8 Å². The van der Waals surface area contributed by atoms with Gasteiger partial charge in [-0.2, -0.15) is 5.10 Å². The first-order chi connectivity index (χ1) is 17.0. The molecule has 2 amide bonds. The minimum absolute atomic E-state index is 0.0987. The van der Waals surface area contributed by atoms with Gasteiger partial charge in [-0.3, -0.25) is 20.0 Å². The number of rotatable bonds is 7. The molecule has 1 saturated heterocycles. The summed E-state index contributed by atoms with van der Waals surface area (Å²) in [6, 6.07) is 8.72. The third-order valence-corrected chi connectivity index (χ3v) is 6.00. The fourth-order valence-corrected chi connectivity index (χ4v) is 4.09. The van der Waals surface area contributed by atoms with E-state index in [9.17, 15) is 9.59 Å². The molecular formula is C24H26N8O3. The van der Waals surface area contributed by atoms with Gasteiger partial charge >= 0.3 is 0 Å². The van der Waals surface area contributed by atoms with E-state index in [4.69, 9.17) is 4.74 Å². The van der Waals surface area contributed by atoms with Gasteiger partial charge in [-0.15, -0.1) is 0 Å². The van der Waals surface area contributed by atoms with Crippen LogP contribution in [0.5, 0.6) is 11.5 Å². The van der Waals surface area contributed by atoms with Gasteiger partial charge in [0.15, 0.2) is 11.5 Å².